The van der Waals surface area contributed by atoms with Gasteiger partial charge in [-0.15, -0.1) is 0 Å². The zero-order chi connectivity index (χ0) is 31.3. The quantitative estimate of drug-likeness (QED) is 0.184. The average Bonchev–Trinajstić information content (AvgIpc) is 2.67. The second kappa shape index (κ2) is 31.4. The zero-order valence-electron chi connectivity index (χ0n) is 18.1. The molecule has 0 fully saturated rings. The maximum absolute atomic E-state index is 9.51. The molecule has 0 unspecified atom stereocenters. The minimum atomic E-state index is -2.28. The van der Waals surface area contributed by atoms with Gasteiger partial charge in [0.15, 0.2) is 0 Å². The Morgan fingerprint density at radius 3 is 0.658 bits per heavy atom. The summed E-state index contributed by atoms with van der Waals surface area (Å²) in [5.74, 6) is -6.84. The van der Waals surface area contributed by atoms with E-state index in [2.05, 4.69) is 6.92 Å². The summed E-state index contributed by atoms with van der Waals surface area (Å²) in [6.07, 6.45) is -0.954. The first-order valence-corrected chi connectivity index (χ1v) is 11.9. The van der Waals surface area contributed by atoms with E-state index in [9.17, 15) is 39.6 Å². The van der Waals surface area contributed by atoms with Crippen molar-refractivity contribution in [3.05, 3.63) is 6.92 Å². The number of carboxylic acid groups (broad SMARTS) is 4. The summed E-state index contributed by atoms with van der Waals surface area (Å²) in [5.41, 5.74) is 0. The smallest absolute Gasteiger partial charge is 0.545 e. The van der Waals surface area contributed by atoms with Crippen molar-refractivity contribution >= 4 is 163 Å². The molecule has 0 aliphatic rings. The SMILES string of the molecule is O=C([O-])C(Cl)(Cl)Cl.O=C([O-])C(Cl)(Cl)Cl.O=C([O-])C(Cl)(Cl)Cl.O=C([O-])C(Cl)(Cl)Cl.OCC(O)CO.[CH2-]C.[Y+3].[Zn+2]. The summed E-state index contributed by atoms with van der Waals surface area (Å²) in [6, 6.07) is 0. The Morgan fingerprint density at radius 1 is 0.579 bits per heavy atom. The number of carbonyl (C=O) groups excluding carboxylic acids is 4. The van der Waals surface area contributed by atoms with Crippen LogP contribution in [0.5, 0.6) is 0 Å². The van der Waals surface area contributed by atoms with E-state index in [0.717, 1.165) is 0 Å². The monoisotopic (exact) mass is 918 g/mol. The van der Waals surface area contributed by atoms with Crippen molar-refractivity contribution in [1.82, 2.24) is 0 Å². The first kappa shape index (κ1) is 60.2. The molecule has 0 saturated carbocycles. The molecule has 38 heavy (non-hydrogen) atoms. The van der Waals surface area contributed by atoms with E-state index >= 15 is 0 Å². The van der Waals surface area contributed by atoms with Gasteiger partial charge in [0.1, 0.15) is 6.10 Å². The van der Waals surface area contributed by atoms with Crippen LogP contribution in [0.2, 0.25) is 0 Å². The van der Waals surface area contributed by atoms with Crippen LogP contribution in [0, 0.1) is 6.92 Å². The van der Waals surface area contributed by atoms with Gasteiger partial charge < -0.3 is 61.8 Å². The molecule has 0 aromatic rings. The second-order valence-electron chi connectivity index (χ2n) is 4.16. The molecule has 0 heterocycles. The minimum Gasteiger partial charge on any atom is -0.545 e. The molecule has 0 bridgehead atoms. The van der Waals surface area contributed by atoms with Crippen LogP contribution in [0.15, 0.2) is 0 Å². The van der Waals surface area contributed by atoms with Gasteiger partial charge in [-0.3, -0.25) is 0 Å². The van der Waals surface area contributed by atoms with E-state index in [-0.39, 0.29) is 65.4 Å². The van der Waals surface area contributed by atoms with E-state index in [1.807, 2.05) is 0 Å². The summed E-state index contributed by atoms with van der Waals surface area (Å²) < 4.78 is -9.11. The molecule has 25 heteroatoms. The van der Waals surface area contributed by atoms with Gasteiger partial charge in [0.2, 0.25) is 15.2 Å². The Kier molecular flexibility index (Phi) is 49.7. The largest absolute Gasteiger partial charge is 3.00 e. The number of rotatable bonds is 2. The number of alkyl halides is 12. The summed E-state index contributed by atoms with van der Waals surface area (Å²) in [4.78, 5) is 38.1. The molecular formula is C13H13Cl12O11YZn. The van der Waals surface area contributed by atoms with Gasteiger partial charge in [0.05, 0.1) is 37.1 Å². The first-order chi connectivity index (χ1) is 15.6. The van der Waals surface area contributed by atoms with E-state index in [1.165, 1.54) is 0 Å². The third kappa shape index (κ3) is 58.6. The zero-order valence-corrected chi connectivity index (χ0v) is 33.0. The molecule has 3 N–H and O–H groups in total. The summed E-state index contributed by atoms with van der Waals surface area (Å²) in [6.45, 7) is 4.27. The van der Waals surface area contributed by atoms with Crippen molar-refractivity contribution in [2.45, 2.75) is 28.2 Å². The molecular weight excluding hydrogens is 912 g/mol. The predicted molar refractivity (Wildman–Crippen MR) is 132 cm³/mol. The Balaban J connectivity index is -0.0000000479. The number of halogens is 12. The summed E-state index contributed by atoms with van der Waals surface area (Å²) in [7, 11) is 0. The van der Waals surface area contributed by atoms with Crippen molar-refractivity contribution in [3.63, 3.8) is 0 Å². The molecule has 11 nitrogen and oxygen atoms in total. The van der Waals surface area contributed by atoms with Crippen LogP contribution in [0.25, 0.3) is 0 Å². The fourth-order valence-electron chi connectivity index (χ4n) is 0.0577. The summed E-state index contributed by atoms with van der Waals surface area (Å²) >= 11 is 56.8. The molecule has 0 aliphatic heterocycles. The number of aliphatic hydroxyl groups excluding tert-OH is 3. The third-order valence-corrected chi connectivity index (χ3v) is 3.20. The predicted octanol–water partition coefficient (Wildman–Crippen LogP) is -0.407. The number of carboxylic acids is 4. The topological polar surface area (TPSA) is 221 Å². The van der Waals surface area contributed by atoms with Crippen LogP contribution in [0.1, 0.15) is 6.92 Å². The number of hydrogen-bond acceptors (Lipinski definition) is 11. The van der Waals surface area contributed by atoms with E-state index in [0.29, 0.717) is 0 Å². The Morgan fingerprint density at radius 2 is 0.658 bits per heavy atom. The van der Waals surface area contributed by atoms with E-state index < -0.39 is 45.2 Å². The average molecular weight is 925 g/mol. The molecule has 220 valence electrons. The van der Waals surface area contributed by atoms with E-state index in [1.54, 1.807) is 6.92 Å². The van der Waals surface area contributed by atoms with E-state index in [4.69, 9.17) is 155 Å². The fraction of sp³-hybridized carbons (Fsp3) is 0.615. The van der Waals surface area contributed by atoms with Crippen molar-refractivity contribution in [1.29, 1.82) is 0 Å². The van der Waals surface area contributed by atoms with Crippen molar-refractivity contribution in [2.24, 2.45) is 0 Å². The van der Waals surface area contributed by atoms with Crippen molar-refractivity contribution < 1.29 is 107 Å². The molecule has 0 radical (unpaired) electrons. The Bertz CT molecular complexity index is 523. The number of carbonyl (C=O) groups is 4. The fourth-order valence-corrected chi connectivity index (χ4v) is 0.0577. The normalized spacial score (nSPS) is 10.1. The third-order valence-electron chi connectivity index (χ3n) is 1.35. The van der Waals surface area contributed by atoms with Gasteiger partial charge in [-0.1, -0.05) is 139 Å². The van der Waals surface area contributed by atoms with Crippen LogP contribution >= 0.6 is 139 Å². The van der Waals surface area contributed by atoms with Crippen molar-refractivity contribution in [2.75, 3.05) is 13.2 Å². The first-order valence-electron chi connectivity index (χ1n) is 7.32. The number of aliphatic hydroxyl groups is 3. The van der Waals surface area contributed by atoms with Gasteiger partial charge in [-0.25, -0.2) is 0 Å². The van der Waals surface area contributed by atoms with Crippen LogP contribution in [-0.2, 0) is 71.4 Å². The van der Waals surface area contributed by atoms with Gasteiger partial charge >= 0.3 is 52.2 Å². The molecule has 0 aromatic heterocycles. The van der Waals surface area contributed by atoms with Crippen molar-refractivity contribution in [3.8, 4) is 0 Å². The molecule has 0 atom stereocenters. The van der Waals surface area contributed by atoms with Crippen LogP contribution in [-0.4, -0.2) is 73.7 Å². The maximum Gasteiger partial charge on any atom is 3.00 e. The molecule has 0 aromatic carbocycles. The molecule has 0 amide bonds. The number of aliphatic carboxylic acids is 4. The van der Waals surface area contributed by atoms with Gasteiger partial charge in [0.25, 0.3) is 0 Å². The second-order valence-corrected chi connectivity index (χ2v) is 13.3. The van der Waals surface area contributed by atoms with Crippen LogP contribution < -0.4 is 20.4 Å². The van der Waals surface area contributed by atoms with Gasteiger partial charge in [-0.2, -0.15) is 6.92 Å². The molecule has 0 aliphatic carbocycles. The Hall–Kier alpha value is 2.97. The maximum atomic E-state index is 9.51. The van der Waals surface area contributed by atoms with Crippen LogP contribution in [0.4, 0.5) is 0 Å². The Labute approximate surface area is 314 Å². The summed E-state index contributed by atoms with van der Waals surface area (Å²) in [5, 5.41) is 62.1. The standard InChI is InChI=1S/C3H8O3.4C2HCl3O2.C2H5.Y.Zn/c4-1-3(6)2-5;4*3-2(4,5)1(6)7;1-2;;/h3-6H,1-2H2;4*(H,6,7);1H2,2H3;;/q;;;;;-1;+3;+2/p-4. The van der Waals surface area contributed by atoms with Gasteiger partial charge in [0, 0.05) is 0 Å². The van der Waals surface area contributed by atoms with Gasteiger partial charge in [-0.05, 0) is 0 Å². The van der Waals surface area contributed by atoms with Crippen LogP contribution in [0.3, 0.4) is 0 Å². The molecule has 0 saturated heterocycles. The molecule has 0 rings (SSSR count). The minimum absolute atomic E-state index is 0. The molecule has 0 spiro atoms. The number of hydrogen-bond donors (Lipinski definition) is 3.